The van der Waals surface area contributed by atoms with E-state index in [1.54, 1.807) is 30.3 Å². The van der Waals surface area contributed by atoms with Crippen LogP contribution >= 0.6 is 11.6 Å². The molecule has 0 radical (unpaired) electrons. The van der Waals surface area contributed by atoms with Gasteiger partial charge in [0.15, 0.2) is 0 Å². The third-order valence-corrected chi connectivity index (χ3v) is 3.26. The quantitative estimate of drug-likeness (QED) is 0.777. The number of halogens is 1. The molecule has 0 spiro atoms. The number of aromatic carboxylic acids is 1. The molecule has 5 heteroatoms. The minimum atomic E-state index is -1.08. The number of carboxylic acid groups (broad SMARTS) is 1. The molecule has 0 atom stereocenters. The second-order valence-corrected chi connectivity index (χ2v) is 4.97. The summed E-state index contributed by atoms with van der Waals surface area (Å²) in [5, 5.41) is 10.3. The molecule has 2 aromatic carbocycles. The van der Waals surface area contributed by atoms with Gasteiger partial charge in [0.2, 0.25) is 5.76 Å². The van der Waals surface area contributed by atoms with Gasteiger partial charge in [0.05, 0.1) is 0 Å². The lowest BCUT2D eigenvalue weighted by atomic mass is 10.1. The van der Waals surface area contributed by atoms with Crippen LogP contribution in [0.25, 0.3) is 11.0 Å². The number of benzene rings is 2. The Morgan fingerprint density at radius 3 is 2.62 bits per heavy atom. The summed E-state index contributed by atoms with van der Waals surface area (Å²) < 4.78 is 10.9. The molecular formula is C16H11ClO4. The van der Waals surface area contributed by atoms with Gasteiger partial charge in [0, 0.05) is 10.4 Å². The smallest absolute Gasteiger partial charge is 0.371 e. The first kappa shape index (κ1) is 13.5. The third kappa shape index (κ3) is 3.01. The van der Waals surface area contributed by atoms with Crippen molar-refractivity contribution in [1.29, 1.82) is 0 Å². The van der Waals surface area contributed by atoms with Gasteiger partial charge >= 0.3 is 5.97 Å². The largest absolute Gasteiger partial charge is 0.489 e. The first-order valence-electron chi connectivity index (χ1n) is 6.26. The van der Waals surface area contributed by atoms with Crippen LogP contribution in [0.4, 0.5) is 0 Å². The maximum atomic E-state index is 10.9. The Morgan fingerprint density at radius 2 is 1.90 bits per heavy atom. The number of furan rings is 1. The Morgan fingerprint density at radius 1 is 1.14 bits per heavy atom. The van der Waals surface area contributed by atoms with Crippen molar-refractivity contribution in [2.75, 3.05) is 0 Å². The summed E-state index contributed by atoms with van der Waals surface area (Å²) in [6.45, 7) is 0.380. The van der Waals surface area contributed by atoms with E-state index in [9.17, 15) is 4.79 Å². The Balaban J connectivity index is 1.77. The highest BCUT2D eigenvalue weighted by atomic mass is 35.5. The summed E-state index contributed by atoms with van der Waals surface area (Å²) >= 11 is 5.81. The van der Waals surface area contributed by atoms with Gasteiger partial charge in [-0.1, -0.05) is 17.7 Å². The number of hydrogen-bond acceptors (Lipinski definition) is 3. The maximum absolute atomic E-state index is 10.9. The number of carbonyl (C=O) groups is 1. The van der Waals surface area contributed by atoms with Crippen LogP contribution in [0.5, 0.6) is 5.75 Å². The van der Waals surface area contributed by atoms with Crippen molar-refractivity contribution < 1.29 is 19.1 Å². The van der Waals surface area contributed by atoms with Crippen LogP contribution in [0.2, 0.25) is 5.02 Å². The van der Waals surface area contributed by atoms with E-state index in [1.807, 2.05) is 12.1 Å². The number of hydrogen-bond donors (Lipinski definition) is 1. The Kier molecular flexibility index (Phi) is 3.54. The van der Waals surface area contributed by atoms with Crippen molar-refractivity contribution in [2.24, 2.45) is 0 Å². The summed E-state index contributed by atoms with van der Waals surface area (Å²) in [6, 6.07) is 14.0. The first-order chi connectivity index (χ1) is 10.1. The zero-order valence-corrected chi connectivity index (χ0v) is 11.6. The van der Waals surface area contributed by atoms with Crippen LogP contribution in [-0.2, 0) is 6.61 Å². The van der Waals surface area contributed by atoms with Crippen LogP contribution in [0.3, 0.4) is 0 Å². The highest BCUT2D eigenvalue weighted by Gasteiger charge is 2.10. The van der Waals surface area contributed by atoms with Gasteiger partial charge in [-0.15, -0.1) is 0 Å². The second kappa shape index (κ2) is 5.50. The minimum Gasteiger partial charge on any atom is -0.489 e. The summed E-state index contributed by atoms with van der Waals surface area (Å²) in [4.78, 5) is 10.9. The fourth-order valence-electron chi connectivity index (χ4n) is 1.99. The molecule has 106 valence electrons. The minimum absolute atomic E-state index is 0.0687. The molecular weight excluding hydrogens is 292 g/mol. The molecule has 1 N–H and O–H groups in total. The average molecular weight is 303 g/mol. The predicted octanol–water partition coefficient (Wildman–Crippen LogP) is 4.36. The van der Waals surface area contributed by atoms with Crippen LogP contribution in [0.15, 0.2) is 52.9 Å². The van der Waals surface area contributed by atoms with Gasteiger partial charge in [-0.3, -0.25) is 0 Å². The number of fused-ring (bicyclic) bond motifs is 1. The molecule has 0 aliphatic rings. The monoisotopic (exact) mass is 302 g/mol. The Labute approximate surface area is 125 Å². The standard InChI is InChI=1S/C16H11ClO4/c17-12-2-4-13(5-3-12)20-9-10-1-6-14-11(7-10)8-15(21-14)16(18)19/h1-8H,9H2,(H,18,19). The number of rotatable bonds is 4. The summed E-state index contributed by atoms with van der Waals surface area (Å²) in [6.07, 6.45) is 0. The topological polar surface area (TPSA) is 59.7 Å². The lowest BCUT2D eigenvalue weighted by molar-refractivity contribution is 0.0665. The van der Waals surface area contributed by atoms with E-state index >= 15 is 0 Å². The number of ether oxygens (including phenoxy) is 1. The van der Waals surface area contributed by atoms with Gasteiger partial charge < -0.3 is 14.3 Å². The van der Waals surface area contributed by atoms with Gasteiger partial charge in [-0.05, 0) is 48.0 Å². The van der Waals surface area contributed by atoms with Crippen molar-refractivity contribution in [3.8, 4) is 5.75 Å². The first-order valence-corrected chi connectivity index (χ1v) is 6.64. The molecule has 4 nitrogen and oxygen atoms in total. The fourth-order valence-corrected chi connectivity index (χ4v) is 2.11. The lowest BCUT2D eigenvalue weighted by Gasteiger charge is -2.06. The highest BCUT2D eigenvalue weighted by molar-refractivity contribution is 6.30. The molecule has 0 aliphatic carbocycles. The molecule has 0 unspecified atom stereocenters. The molecule has 1 aromatic heterocycles. The average Bonchev–Trinajstić information content (AvgIpc) is 2.90. The SMILES string of the molecule is O=C(O)c1cc2cc(COc3ccc(Cl)cc3)ccc2o1. The van der Waals surface area contributed by atoms with E-state index in [-0.39, 0.29) is 5.76 Å². The zero-order chi connectivity index (χ0) is 14.8. The molecule has 0 amide bonds. The summed E-state index contributed by atoms with van der Waals surface area (Å²) in [5.74, 6) is -0.427. The molecule has 3 rings (SSSR count). The molecule has 0 saturated carbocycles. The van der Waals surface area contributed by atoms with Crippen molar-refractivity contribution in [3.05, 3.63) is 64.9 Å². The van der Waals surface area contributed by atoms with Crippen molar-refractivity contribution in [3.63, 3.8) is 0 Å². The van der Waals surface area contributed by atoms with E-state index in [0.29, 0.717) is 17.2 Å². The highest BCUT2D eigenvalue weighted by Crippen LogP contribution is 2.22. The summed E-state index contributed by atoms with van der Waals surface area (Å²) in [7, 11) is 0. The van der Waals surface area contributed by atoms with Crippen molar-refractivity contribution in [1.82, 2.24) is 0 Å². The van der Waals surface area contributed by atoms with E-state index in [2.05, 4.69) is 0 Å². The molecule has 0 aliphatic heterocycles. The normalized spacial score (nSPS) is 10.7. The van der Waals surface area contributed by atoms with Crippen molar-refractivity contribution in [2.45, 2.75) is 6.61 Å². The predicted molar refractivity (Wildman–Crippen MR) is 79.0 cm³/mol. The van der Waals surface area contributed by atoms with E-state index < -0.39 is 5.97 Å². The molecule has 1 heterocycles. The third-order valence-electron chi connectivity index (χ3n) is 3.01. The summed E-state index contributed by atoms with van der Waals surface area (Å²) in [5.41, 5.74) is 1.47. The Hall–Kier alpha value is -2.46. The van der Waals surface area contributed by atoms with Gasteiger partial charge in [0.25, 0.3) is 0 Å². The second-order valence-electron chi connectivity index (χ2n) is 4.53. The van der Waals surface area contributed by atoms with Crippen LogP contribution in [0, 0.1) is 0 Å². The van der Waals surface area contributed by atoms with E-state index in [1.165, 1.54) is 6.07 Å². The zero-order valence-electron chi connectivity index (χ0n) is 10.9. The number of carboxylic acids is 1. The lowest BCUT2D eigenvalue weighted by Crippen LogP contribution is -1.94. The van der Waals surface area contributed by atoms with Gasteiger partial charge in [0.1, 0.15) is 17.9 Å². The molecule has 21 heavy (non-hydrogen) atoms. The van der Waals surface area contributed by atoms with Crippen molar-refractivity contribution >= 4 is 28.5 Å². The molecule has 0 bridgehead atoms. The van der Waals surface area contributed by atoms with Crippen LogP contribution in [0.1, 0.15) is 16.1 Å². The van der Waals surface area contributed by atoms with Gasteiger partial charge in [-0.25, -0.2) is 4.79 Å². The van der Waals surface area contributed by atoms with E-state index in [4.69, 9.17) is 25.9 Å². The fraction of sp³-hybridized carbons (Fsp3) is 0.0625. The molecule has 0 fully saturated rings. The molecule has 3 aromatic rings. The van der Waals surface area contributed by atoms with Crippen LogP contribution in [-0.4, -0.2) is 11.1 Å². The van der Waals surface area contributed by atoms with Gasteiger partial charge in [-0.2, -0.15) is 0 Å². The molecule has 0 saturated heterocycles. The maximum Gasteiger partial charge on any atom is 0.371 e. The van der Waals surface area contributed by atoms with E-state index in [0.717, 1.165) is 16.7 Å². The van der Waals surface area contributed by atoms with Crippen LogP contribution < -0.4 is 4.74 Å². The Bertz CT molecular complexity index is 790.